The van der Waals surface area contributed by atoms with E-state index in [1.165, 1.54) is 6.08 Å². The summed E-state index contributed by atoms with van der Waals surface area (Å²) in [6, 6.07) is 0. The van der Waals surface area contributed by atoms with Crippen molar-refractivity contribution in [2.24, 2.45) is 0 Å². The van der Waals surface area contributed by atoms with Gasteiger partial charge >= 0.3 is 5.97 Å². The first-order valence-electron chi connectivity index (χ1n) is 4.80. The Morgan fingerprint density at radius 1 is 1.64 bits per heavy atom. The van der Waals surface area contributed by atoms with Crippen LogP contribution in [0.1, 0.15) is 26.7 Å². The second-order valence-electron chi connectivity index (χ2n) is 3.19. The zero-order valence-electron chi connectivity index (χ0n) is 8.58. The van der Waals surface area contributed by atoms with Crippen LogP contribution in [0.15, 0.2) is 11.8 Å². The second-order valence-corrected chi connectivity index (χ2v) is 3.19. The Labute approximate surface area is 83.5 Å². The Kier molecular flexibility index (Phi) is 3.68. The fourth-order valence-corrected chi connectivity index (χ4v) is 1.45. The molecule has 0 spiro atoms. The van der Waals surface area contributed by atoms with E-state index >= 15 is 0 Å². The van der Waals surface area contributed by atoms with Gasteiger partial charge in [0.2, 0.25) is 5.91 Å². The monoisotopic (exact) mass is 197 g/mol. The molecule has 1 aliphatic rings. The van der Waals surface area contributed by atoms with E-state index in [9.17, 15) is 9.59 Å². The molecule has 0 N–H and O–H groups in total. The van der Waals surface area contributed by atoms with Gasteiger partial charge in [-0.3, -0.25) is 4.79 Å². The maximum Gasteiger partial charge on any atom is 0.332 e. The van der Waals surface area contributed by atoms with Crippen LogP contribution in [0.2, 0.25) is 0 Å². The first-order chi connectivity index (χ1) is 6.65. The minimum Gasteiger partial charge on any atom is -0.463 e. The third kappa shape index (κ3) is 2.58. The molecule has 0 aromatic rings. The first kappa shape index (κ1) is 10.8. The Bertz CT molecular complexity index is 271. The molecule has 0 atom stereocenters. The van der Waals surface area contributed by atoms with E-state index in [0.717, 1.165) is 6.42 Å². The molecule has 14 heavy (non-hydrogen) atoms. The fraction of sp³-hybridized carbons (Fsp3) is 0.600. The number of rotatable bonds is 3. The predicted molar refractivity (Wildman–Crippen MR) is 51.3 cm³/mol. The molecule has 0 radical (unpaired) electrons. The summed E-state index contributed by atoms with van der Waals surface area (Å²) < 4.78 is 4.75. The molecule has 0 aliphatic carbocycles. The van der Waals surface area contributed by atoms with Crippen molar-refractivity contribution in [2.75, 3.05) is 13.2 Å². The highest BCUT2D eigenvalue weighted by Crippen LogP contribution is 2.15. The topological polar surface area (TPSA) is 46.6 Å². The molecular weight excluding hydrogens is 182 g/mol. The van der Waals surface area contributed by atoms with E-state index in [2.05, 4.69) is 0 Å². The van der Waals surface area contributed by atoms with Crippen molar-refractivity contribution >= 4 is 11.9 Å². The molecular formula is C10H15NO3. The lowest BCUT2D eigenvalue weighted by Crippen LogP contribution is -2.23. The number of allylic oxidation sites excluding steroid dienone is 1. The molecule has 1 heterocycles. The zero-order valence-corrected chi connectivity index (χ0v) is 8.58. The summed E-state index contributed by atoms with van der Waals surface area (Å²) in [5.41, 5.74) is 0.672. The normalized spacial score (nSPS) is 17.4. The maximum absolute atomic E-state index is 11.3. The van der Waals surface area contributed by atoms with Crippen LogP contribution in [-0.2, 0) is 14.3 Å². The van der Waals surface area contributed by atoms with Crippen LogP contribution in [0.5, 0.6) is 0 Å². The SMILES string of the molecule is CCOC(=O)/C=C(/C)N1CCCC1=O. The lowest BCUT2D eigenvalue weighted by atomic mass is 10.4. The Balaban J connectivity index is 2.59. The van der Waals surface area contributed by atoms with Crippen molar-refractivity contribution in [3.05, 3.63) is 11.8 Å². The number of amides is 1. The molecule has 4 nitrogen and oxygen atoms in total. The fourth-order valence-electron chi connectivity index (χ4n) is 1.45. The van der Waals surface area contributed by atoms with E-state index in [0.29, 0.717) is 25.3 Å². The third-order valence-corrected chi connectivity index (χ3v) is 2.11. The van der Waals surface area contributed by atoms with Crippen LogP contribution in [0, 0.1) is 0 Å². The minimum atomic E-state index is -0.385. The van der Waals surface area contributed by atoms with E-state index in [4.69, 9.17) is 4.74 Å². The van der Waals surface area contributed by atoms with Crippen molar-refractivity contribution in [3.63, 3.8) is 0 Å². The smallest absolute Gasteiger partial charge is 0.332 e. The van der Waals surface area contributed by atoms with Crippen molar-refractivity contribution in [2.45, 2.75) is 26.7 Å². The third-order valence-electron chi connectivity index (χ3n) is 2.11. The molecule has 1 saturated heterocycles. The van der Waals surface area contributed by atoms with E-state index in [-0.39, 0.29) is 11.9 Å². The summed E-state index contributed by atoms with van der Waals surface area (Å²) >= 11 is 0. The highest BCUT2D eigenvalue weighted by Gasteiger charge is 2.21. The van der Waals surface area contributed by atoms with E-state index in [1.807, 2.05) is 0 Å². The Morgan fingerprint density at radius 2 is 2.36 bits per heavy atom. The molecule has 0 unspecified atom stereocenters. The van der Waals surface area contributed by atoms with Gasteiger partial charge in [0.25, 0.3) is 0 Å². The zero-order chi connectivity index (χ0) is 10.6. The average molecular weight is 197 g/mol. The van der Waals surface area contributed by atoms with Gasteiger partial charge in [-0.25, -0.2) is 4.79 Å². The van der Waals surface area contributed by atoms with Crippen molar-refractivity contribution in [1.82, 2.24) is 4.90 Å². The molecule has 0 bridgehead atoms. The van der Waals surface area contributed by atoms with Crippen LogP contribution in [0.3, 0.4) is 0 Å². The van der Waals surface area contributed by atoms with Gasteiger partial charge in [-0.2, -0.15) is 0 Å². The van der Waals surface area contributed by atoms with Crippen LogP contribution in [-0.4, -0.2) is 29.9 Å². The first-order valence-corrected chi connectivity index (χ1v) is 4.80. The van der Waals surface area contributed by atoms with Crippen LogP contribution in [0.25, 0.3) is 0 Å². The molecule has 0 aromatic carbocycles. The number of esters is 1. The number of carbonyl (C=O) groups is 2. The summed E-state index contributed by atoms with van der Waals surface area (Å²) in [6.07, 6.45) is 2.81. The van der Waals surface area contributed by atoms with Gasteiger partial charge in [-0.15, -0.1) is 0 Å². The van der Waals surface area contributed by atoms with E-state index < -0.39 is 0 Å². The summed E-state index contributed by atoms with van der Waals surface area (Å²) in [5.74, 6) is -0.298. The van der Waals surface area contributed by atoms with Crippen LogP contribution < -0.4 is 0 Å². The molecule has 4 heteroatoms. The summed E-state index contributed by atoms with van der Waals surface area (Å²) in [4.78, 5) is 24.0. The number of nitrogens with zero attached hydrogens (tertiary/aromatic N) is 1. The van der Waals surface area contributed by atoms with Gasteiger partial charge in [0.05, 0.1) is 6.61 Å². The van der Waals surface area contributed by atoms with Crippen molar-refractivity contribution in [1.29, 1.82) is 0 Å². The predicted octanol–water partition coefficient (Wildman–Crippen LogP) is 1.08. The van der Waals surface area contributed by atoms with Crippen LogP contribution >= 0.6 is 0 Å². The van der Waals surface area contributed by atoms with Gasteiger partial charge in [-0.1, -0.05) is 0 Å². The molecule has 78 valence electrons. The summed E-state index contributed by atoms with van der Waals surface area (Å²) in [6.45, 7) is 4.57. The minimum absolute atomic E-state index is 0.0862. The van der Waals surface area contributed by atoms with Gasteiger partial charge in [0.15, 0.2) is 0 Å². The van der Waals surface area contributed by atoms with Gasteiger partial charge in [-0.05, 0) is 20.3 Å². The molecule has 1 aliphatic heterocycles. The van der Waals surface area contributed by atoms with Gasteiger partial charge in [0.1, 0.15) is 0 Å². The summed E-state index contributed by atoms with van der Waals surface area (Å²) in [7, 11) is 0. The molecule has 1 rings (SSSR count). The maximum atomic E-state index is 11.3. The highest BCUT2D eigenvalue weighted by atomic mass is 16.5. The Hall–Kier alpha value is -1.32. The van der Waals surface area contributed by atoms with Crippen molar-refractivity contribution in [3.8, 4) is 0 Å². The Morgan fingerprint density at radius 3 is 2.86 bits per heavy atom. The number of likely N-dealkylation sites (tertiary alicyclic amines) is 1. The van der Waals surface area contributed by atoms with Crippen LogP contribution in [0.4, 0.5) is 0 Å². The molecule has 1 fully saturated rings. The number of hydrogen-bond acceptors (Lipinski definition) is 3. The highest BCUT2D eigenvalue weighted by molar-refractivity contribution is 5.85. The number of carbonyl (C=O) groups excluding carboxylic acids is 2. The van der Waals surface area contributed by atoms with Crippen molar-refractivity contribution < 1.29 is 14.3 Å². The largest absolute Gasteiger partial charge is 0.463 e. The number of ether oxygens (including phenoxy) is 1. The lowest BCUT2D eigenvalue weighted by Gasteiger charge is -2.15. The molecule has 0 aromatic heterocycles. The standard InChI is InChI=1S/C10H15NO3/c1-3-14-10(13)7-8(2)11-6-4-5-9(11)12/h7H,3-6H2,1-2H3/b8-7-. The van der Waals surface area contributed by atoms with Gasteiger partial charge in [0, 0.05) is 24.7 Å². The number of hydrogen-bond donors (Lipinski definition) is 0. The van der Waals surface area contributed by atoms with Gasteiger partial charge < -0.3 is 9.64 Å². The quantitative estimate of drug-likeness (QED) is 0.502. The molecule has 1 amide bonds. The lowest BCUT2D eigenvalue weighted by molar-refractivity contribution is -0.137. The second kappa shape index (κ2) is 4.79. The molecule has 0 saturated carbocycles. The average Bonchev–Trinajstić information content (AvgIpc) is 2.51. The van der Waals surface area contributed by atoms with E-state index in [1.54, 1.807) is 18.7 Å². The summed E-state index contributed by atoms with van der Waals surface area (Å²) in [5, 5.41) is 0.